The lowest BCUT2D eigenvalue weighted by atomic mass is 10.0. The van der Waals surface area contributed by atoms with E-state index in [0.717, 1.165) is 25.9 Å². The summed E-state index contributed by atoms with van der Waals surface area (Å²) in [4.78, 5) is 21.9. The van der Waals surface area contributed by atoms with E-state index in [-0.39, 0.29) is 18.8 Å². The highest BCUT2D eigenvalue weighted by atomic mass is 32.1. The molecule has 1 saturated heterocycles. The molecular weight excluding hydrogens is 388 g/mol. The molecule has 0 bridgehead atoms. The van der Waals surface area contributed by atoms with Gasteiger partial charge in [0.25, 0.3) is 5.92 Å². The number of aryl methyl sites for hydroxylation is 1. The number of amides is 2. The van der Waals surface area contributed by atoms with Gasteiger partial charge in [0, 0.05) is 23.7 Å². The number of nitrogens with two attached hydrogens (primary N) is 1. The summed E-state index contributed by atoms with van der Waals surface area (Å²) in [5.41, 5.74) is 6.85. The summed E-state index contributed by atoms with van der Waals surface area (Å²) < 4.78 is 27.6. The van der Waals surface area contributed by atoms with E-state index in [1.807, 2.05) is 13.0 Å². The first-order chi connectivity index (χ1) is 13.3. The molecule has 1 aliphatic rings. The largest absolute Gasteiger partial charge is 0.323 e. The van der Waals surface area contributed by atoms with E-state index in [2.05, 4.69) is 25.5 Å². The molecular formula is C17H17F2N7OS. The number of piperidine rings is 1. The van der Waals surface area contributed by atoms with Gasteiger partial charge in [-0.3, -0.25) is 10.3 Å². The van der Waals surface area contributed by atoms with Gasteiger partial charge in [0.2, 0.25) is 0 Å². The van der Waals surface area contributed by atoms with Crippen molar-refractivity contribution in [2.24, 2.45) is 5.73 Å². The van der Waals surface area contributed by atoms with Gasteiger partial charge >= 0.3 is 6.03 Å². The molecule has 3 N–H and O–H groups in total. The van der Waals surface area contributed by atoms with E-state index in [9.17, 15) is 13.6 Å². The summed E-state index contributed by atoms with van der Waals surface area (Å²) in [5, 5.41) is 13.0. The molecule has 2 amide bonds. The number of nitrogens with one attached hydrogen (secondary N) is 1. The summed E-state index contributed by atoms with van der Waals surface area (Å²) in [6.45, 7) is 1.32. The molecule has 3 aromatic heterocycles. The third kappa shape index (κ3) is 3.62. The monoisotopic (exact) mass is 405 g/mol. The molecule has 1 unspecified atom stereocenters. The van der Waals surface area contributed by atoms with Gasteiger partial charge in [0.05, 0.1) is 24.3 Å². The molecule has 11 heteroatoms. The molecule has 4 rings (SSSR count). The van der Waals surface area contributed by atoms with Crippen molar-refractivity contribution in [1.29, 1.82) is 0 Å². The van der Waals surface area contributed by atoms with Crippen molar-refractivity contribution in [3.8, 4) is 10.6 Å². The lowest BCUT2D eigenvalue weighted by molar-refractivity contribution is -0.0674. The van der Waals surface area contributed by atoms with E-state index in [1.165, 1.54) is 17.5 Å². The number of hydrogen-bond donors (Lipinski definition) is 2. The maximum Gasteiger partial charge on any atom is 0.323 e. The number of anilines is 1. The van der Waals surface area contributed by atoms with Gasteiger partial charge in [0.1, 0.15) is 15.8 Å². The van der Waals surface area contributed by atoms with Crippen LogP contribution in [0.5, 0.6) is 0 Å². The number of alkyl halides is 2. The molecule has 0 spiro atoms. The molecule has 1 aliphatic heterocycles. The molecule has 0 aromatic carbocycles. The normalized spacial score (nSPS) is 19.0. The van der Waals surface area contributed by atoms with Crippen molar-refractivity contribution < 1.29 is 13.6 Å². The number of rotatable bonds is 2. The standard InChI is InChI=1S/C17H17F2N7OS/c1-9-24-25-15(28-9)11-4-10-5-14(22-7-12(10)21-6-11)23-16(27)26-3-2-13(20)17(18,19)8-26/h4-7,13H,2-3,8,20H2,1H3,(H,22,23,27). The fourth-order valence-electron chi connectivity index (χ4n) is 2.95. The number of pyridine rings is 2. The van der Waals surface area contributed by atoms with Crippen molar-refractivity contribution in [2.75, 3.05) is 18.4 Å². The molecule has 146 valence electrons. The van der Waals surface area contributed by atoms with Crippen molar-refractivity contribution in [3.05, 3.63) is 29.5 Å². The zero-order valence-corrected chi connectivity index (χ0v) is 15.7. The zero-order valence-electron chi connectivity index (χ0n) is 14.9. The van der Waals surface area contributed by atoms with Gasteiger partial charge in [0.15, 0.2) is 0 Å². The predicted molar refractivity (Wildman–Crippen MR) is 101 cm³/mol. The van der Waals surface area contributed by atoms with E-state index in [4.69, 9.17) is 5.73 Å². The number of fused-ring (bicyclic) bond motifs is 1. The van der Waals surface area contributed by atoms with Gasteiger partial charge < -0.3 is 10.6 Å². The van der Waals surface area contributed by atoms with Crippen LogP contribution in [0.1, 0.15) is 11.4 Å². The van der Waals surface area contributed by atoms with Crippen molar-refractivity contribution in [3.63, 3.8) is 0 Å². The van der Waals surface area contributed by atoms with Crippen molar-refractivity contribution >= 4 is 34.1 Å². The molecule has 1 atom stereocenters. The van der Waals surface area contributed by atoms with Crippen LogP contribution in [0.2, 0.25) is 0 Å². The average molecular weight is 405 g/mol. The first-order valence-corrected chi connectivity index (χ1v) is 9.39. The number of carbonyl (C=O) groups is 1. The van der Waals surface area contributed by atoms with Gasteiger partial charge in [-0.25, -0.2) is 18.6 Å². The molecule has 8 nitrogen and oxygen atoms in total. The van der Waals surface area contributed by atoms with Crippen molar-refractivity contribution in [1.82, 2.24) is 25.1 Å². The minimum Gasteiger partial charge on any atom is -0.323 e. The topological polar surface area (TPSA) is 110 Å². The highest BCUT2D eigenvalue weighted by molar-refractivity contribution is 7.14. The molecule has 3 aromatic rings. The average Bonchev–Trinajstić information content (AvgIpc) is 3.09. The Morgan fingerprint density at radius 2 is 2.14 bits per heavy atom. The number of urea groups is 1. The van der Waals surface area contributed by atoms with E-state index < -0.39 is 24.5 Å². The fourth-order valence-corrected chi connectivity index (χ4v) is 3.62. The zero-order chi connectivity index (χ0) is 19.9. The van der Waals surface area contributed by atoms with E-state index in [1.54, 1.807) is 12.3 Å². The number of aromatic nitrogens is 4. The van der Waals surface area contributed by atoms with Crippen LogP contribution in [0.4, 0.5) is 19.4 Å². The Bertz CT molecular complexity index is 1040. The van der Waals surface area contributed by atoms with Crippen LogP contribution in [0.25, 0.3) is 21.5 Å². The Balaban J connectivity index is 1.55. The summed E-state index contributed by atoms with van der Waals surface area (Å²) in [7, 11) is 0. The third-order valence-electron chi connectivity index (χ3n) is 4.52. The van der Waals surface area contributed by atoms with E-state index in [0.29, 0.717) is 5.52 Å². The minimum atomic E-state index is -3.11. The summed E-state index contributed by atoms with van der Waals surface area (Å²) in [6.07, 6.45) is 3.24. The molecule has 4 heterocycles. The number of likely N-dealkylation sites (tertiary alicyclic amines) is 1. The van der Waals surface area contributed by atoms with Crippen LogP contribution < -0.4 is 11.1 Å². The number of nitrogens with zero attached hydrogens (tertiary/aromatic N) is 5. The number of hydrogen-bond acceptors (Lipinski definition) is 7. The van der Waals surface area contributed by atoms with Crippen LogP contribution in [-0.2, 0) is 0 Å². The van der Waals surface area contributed by atoms with Crippen LogP contribution in [0, 0.1) is 6.92 Å². The Morgan fingerprint density at radius 3 is 2.86 bits per heavy atom. The maximum absolute atomic E-state index is 13.8. The smallest absolute Gasteiger partial charge is 0.323 e. The second kappa shape index (κ2) is 6.99. The first-order valence-electron chi connectivity index (χ1n) is 8.57. The first kappa shape index (κ1) is 18.6. The lowest BCUT2D eigenvalue weighted by Gasteiger charge is -2.36. The Hall–Kier alpha value is -2.79. The Kier molecular flexibility index (Phi) is 4.63. The van der Waals surface area contributed by atoms with Gasteiger partial charge in [-0.1, -0.05) is 11.3 Å². The third-order valence-corrected chi connectivity index (χ3v) is 5.40. The molecule has 28 heavy (non-hydrogen) atoms. The number of halogens is 2. The van der Waals surface area contributed by atoms with Gasteiger partial charge in [-0.15, -0.1) is 10.2 Å². The van der Waals surface area contributed by atoms with Crippen LogP contribution in [-0.4, -0.2) is 56.2 Å². The molecule has 0 saturated carbocycles. The SMILES string of the molecule is Cc1nnc(-c2cnc3cnc(NC(=O)N4CCC(N)C(F)(F)C4)cc3c2)s1. The summed E-state index contributed by atoms with van der Waals surface area (Å²) in [6, 6.07) is 1.64. The van der Waals surface area contributed by atoms with Crippen molar-refractivity contribution in [2.45, 2.75) is 25.3 Å². The highest BCUT2D eigenvalue weighted by Gasteiger charge is 2.43. The predicted octanol–water partition coefficient (Wildman–Crippen LogP) is 2.66. The van der Waals surface area contributed by atoms with Gasteiger partial charge in [-0.2, -0.15) is 0 Å². The highest BCUT2D eigenvalue weighted by Crippen LogP contribution is 2.28. The van der Waals surface area contributed by atoms with E-state index >= 15 is 0 Å². The van der Waals surface area contributed by atoms with Crippen LogP contribution in [0.15, 0.2) is 24.5 Å². The summed E-state index contributed by atoms with van der Waals surface area (Å²) in [5.74, 6) is -2.85. The quantitative estimate of drug-likeness (QED) is 0.678. The van der Waals surface area contributed by atoms with Crippen LogP contribution >= 0.6 is 11.3 Å². The molecule has 0 radical (unpaired) electrons. The maximum atomic E-state index is 13.8. The van der Waals surface area contributed by atoms with Crippen LogP contribution in [0.3, 0.4) is 0 Å². The number of carbonyl (C=O) groups excluding carboxylic acids is 1. The lowest BCUT2D eigenvalue weighted by Crippen LogP contribution is -2.57. The Morgan fingerprint density at radius 1 is 1.32 bits per heavy atom. The molecule has 1 fully saturated rings. The minimum absolute atomic E-state index is 0.0418. The second-order valence-corrected chi connectivity index (χ2v) is 7.80. The molecule has 0 aliphatic carbocycles. The second-order valence-electron chi connectivity index (χ2n) is 6.62. The Labute approximate surface area is 162 Å². The fraction of sp³-hybridized carbons (Fsp3) is 0.353. The van der Waals surface area contributed by atoms with Gasteiger partial charge in [-0.05, 0) is 25.5 Å². The summed E-state index contributed by atoms with van der Waals surface area (Å²) >= 11 is 1.45.